The van der Waals surface area contributed by atoms with Crippen molar-refractivity contribution in [3.8, 4) is 0 Å². The molecule has 0 saturated carbocycles. The average molecular weight is 209 g/mol. The number of carbonyl (C=O) groups is 1. The topological polar surface area (TPSA) is 20.3 Å². The lowest BCUT2D eigenvalue weighted by molar-refractivity contribution is 0.0753. The fraction of sp³-hybridized carbons (Fsp3) is 0.417. The van der Waals surface area contributed by atoms with Gasteiger partial charge in [0.15, 0.2) is 0 Å². The van der Waals surface area contributed by atoms with Crippen LogP contribution in [-0.4, -0.2) is 23.9 Å². The third-order valence-corrected chi connectivity index (χ3v) is 2.52. The Morgan fingerprint density at radius 3 is 2.53 bits per heavy atom. The van der Waals surface area contributed by atoms with E-state index in [1.54, 1.807) is 24.9 Å². The summed E-state index contributed by atoms with van der Waals surface area (Å²) in [5, 5.41) is 0. The Hall–Kier alpha value is -1.38. The number of amides is 1. The maximum Gasteiger partial charge on any atom is 0.254 e. The lowest BCUT2D eigenvalue weighted by Gasteiger charge is -2.22. The third kappa shape index (κ3) is 2.55. The highest BCUT2D eigenvalue weighted by Gasteiger charge is 2.16. The first kappa shape index (κ1) is 11.7. The fourth-order valence-electron chi connectivity index (χ4n) is 1.25. The lowest BCUT2D eigenvalue weighted by atomic mass is 10.1. The van der Waals surface area contributed by atoms with Gasteiger partial charge in [-0.15, -0.1) is 0 Å². The largest absolute Gasteiger partial charge is 0.339 e. The highest BCUT2D eigenvalue weighted by molar-refractivity contribution is 5.95. The molecule has 2 nitrogen and oxygen atoms in total. The smallest absolute Gasteiger partial charge is 0.254 e. The molecule has 1 aromatic carbocycles. The molecular weight excluding hydrogens is 193 g/mol. The van der Waals surface area contributed by atoms with Crippen molar-refractivity contribution in [2.45, 2.75) is 26.8 Å². The van der Waals surface area contributed by atoms with Gasteiger partial charge in [0.2, 0.25) is 0 Å². The van der Waals surface area contributed by atoms with E-state index in [1.165, 1.54) is 12.1 Å². The first-order chi connectivity index (χ1) is 6.93. The van der Waals surface area contributed by atoms with Crippen molar-refractivity contribution in [2.75, 3.05) is 7.05 Å². The lowest BCUT2D eigenvalue weighted by Crippen LogP contribution is -2.33. The summed E-state index contributed by atoms with van der Waals surface area (Å²) in [4.78, 5) is 13.5. The summed E-state index contributed by atoms with van der Waals surface area (Å²) < 4.78 is 13.0. The summed E-state index contributed by atoms with van der Waals surface area (Å²) in [6.45, 7) is 5.65. The van der Waals surface area contributed by atoms with E-state index in [1.807, 2.05) is 13.8 Å². The van der Waals surface area contributed by atoms with E-state index in [9.17, 15) is 9.18 Å². The molecule has 15 heavy (non-hydrogen) atoms. The van der Waals surface area contributed by atoms with Crippen LogP contribution >= 0.6 is 0 Å². The van der Waals surface area contributed by atoms with Gasteiger partial charge in [-0.3, -0.25) is 4.79 Å². The number of rotatable bonds is 2. The summed E-state index contributed by atoms with van der Waals surface area (Å²) in [6.07, 6.45) is 0. The Kier molecular flexibility index (Phi) is 3.45. The molecule has 82 valence electrons. The summed E-state index contributed by atoms with van der Waals surface area (Å²) in [5.41, 5.74) is 1.24. The van der Waals surface area contributed by atoms with Crippen LogP contribution in [0.5, 0.6) is 0 Å². The second kappa shape index (κ2) is 4.43. The van der Waals surface area contributed by atoms with Crippen LogP contribution in [0.25, 0.3) is 0 Å². The van der Waals surface area contributed by atoms with Crippen molar-refractivity contribution in [1.82, 2.24) is 4.90 Å². The van der Waals surface area contributed by atoms with Gasteiger partial charge in [-0.2, -0.15) is 0 Å². The van der Waals surface area contributed by atoms with Crippen molar-refractivity contribution in [3.05, 3.63) is 35.1 Å². The second-order valence-corrected chi connectivity index (χ2v) is 3.97. The number of benzene rings is 1. The van der Waals surface area contributed by atoms with Gasteiger partial charge in [0.05, 0.1) is 0 Å². The maximum absolute atomic E-state index is 13.0. The predicted octanol–water partition coefficient (Wildman–Crippen LogP) is 2.61. The van der Waals surface area contributed by atoms with Crippen LogP contribution in [0.15, 0.2) is 18.2 Å². The number of hydrogen-bond acceptors (Lipinski definition) is 1. The van der Waals surface area contributed by atoms with Crippen LogP contribution in [0.3, 0.4) is 0 Å². The SMILES string of the molecule is Cc1ccc(F)cc1C(=O)N(C)C(C)C. The number of halogens is 1. The fourth-order valence-corrected chi connectivity index (χ4v) is 1.25. The highest BCUT2D eigenvalue weighted by Crippen LogP contribution is 2.13. The quantitative estimate of drug-likeness (QED) is 0.733. The van der Waals surface area contributed by atoms with Crippen LogP contribution in [0, 0.1) is 12.7 Å². The standard InChI is InChI=1S/C12H16FNO/c1-8(2)14(4)12(15)11-7-10(13)6-5-9(11)3/h5-8H,1-4H3. The molecule has 0 heterocycles. The number of carbonyl (C=O) groups excluding carboxylic acids is 1. The Morgan fingerprint density at radius 2 is 2.00 bits per heavy atom. The van der Waals surface area contributed by atoms with Gasteiger partial charge in [0, 0.05) is 18.7 Å². The van der Waals surface area contributed by atoms with Gasteiger partial charge >= 0.3 is 0 Å². The van der Waals surface area contributed by atoms with Crippen molar-refractivity contribution >= 4 is 5.91 Å². The van der Waals surface area contributed by atoms with Gasteiger partial charge in [0.1, 0.15) is 5.82 Å². The van der Waals surface area contributed by atoms with Crippen LogP contribution in [-0.2, 0) is 0 Å². The zero-order valence-electron chi connectivity index (χ0n) is 9.54. The number of aryl methyl sites for hydroxylation is 1. The zero-order valence-corrected chi connectivity index (χ0v) is 9.54. The Labute approximate surface area is 89.7 Å². The molecule has 0 atom stereocenters. The molecule has 0 aromatic heterocycles. The second-order valence-electron chi connectivity index (χ2n) is 3.97. The van der Waals surface area contributed by atoms with Crippen molar-refractivity contribution in [2.24, 2.45) is 0 Å². The van der Waals surface area contributed by atoms with Crippen LogP contribution in [0.2, 0.25) is 0 Å². The van der Waals surface area contributed by atoms with E-state index in [4.69, 9.17) is 0 Å². The normalized spacial score (nSPS) is 10.5. The molecule has 1 amide bonds. The van der Waals surface area contributed by atoms with Crippen molar-refractivity contribution < 1.29 is 9.18 Å². The van der Waals surface area contributed by atoms with Gasteiger partial charge in [-0.25, -0.2) is 4.39 Å². The van der Waals surface area contributed by atoms with Crippen LogP contribution in [0.4, 0.5) is 4.39 Å². The summed E-state index contributed by atoms with van der Waals surface area (Å²) in [7, 11) is 1.72. The number of nitrogens with zero attached hydrogens (tertiary/aromatic N) is 1. The van der Waals surface area contributed by atoms with E-state index in [2.05, 4.69) is 0 Å². The maximum atomic E-state index is 13.0. The summed E-state index contributed by atoms with van der Waals surface area (Å²) in [6, 6.07) is 4.38. The Bertz CT molecular complexity index is 374. The van der Waals surface area contributed by atoms with Gasteiger partial charge < -0.3 is 4.90 Å². The minimum atomic E-state index is -0.374. The molecule has 0 saturated heterocycles. The first-order valence-electron chi connectivity index (χ1n) is 4.96. The molecule has 0 radical (unpaired) electrons. The van der Waals surface area contributed by atoms with Crippen molar-refractivity contribution in [1.29, 1.82) is 0 Å². The molecular formula is C12H16FNO. The van der Waals surface area contributed by atoms with Crippen molar-refractivity contribution in [3.63, 3.8) is 0 Å². The van der Waals surface area contributed by atoms with Gasteiger partial charge in [0.25, 0.3) is 5.91 Å². The highest BCUT2D eigenvalue weighted by atomic mass is 19.1. The Balaban J connectivity index is 3.05. The van der Waals surface area contributed by atoms with E-state index < -0.39 is 0 Å². The van der Waals surface area contributed by atoms with Crippen LogP contribution < -0.4 is 0 Å². The van der Waals surface area contributed by atoms with E-state index in [-0.39, 0.29) is 17.8 Å². The van der Waals surface area contributed by atoms with Gasteiger partial charge in [-0.1, -0.05) is 6.07 Å². The average Bonchev–Trinajstić information content (AvgIpc) is 2.19. The molecule has 0 aliphatic rings. The molecule has 0 unspecified atom stereocenters. The molecule has 0 spiro atoms. The predicted molar refractivity (Wildman–Crippen MR) is 58.4 cm³/mol. The monoisotopic (exact) mass is 209 g/mol. The molecule has 0 aliphatic carbocycles. The summed E-state index contributed by atoms with van der Waals surface area (Å²) in [5.74, 6) is -0.511. The Morgan fingerprint density at radius 1 is 1.40 bits per heavy atom. The molecule has 3 heteroatoms. The zero-order chi connectivity index (χ0) is 11.6. The molecule has 0 aliphatic heterocycles. The number of hydrogen-bond donors (Lipinski definition) is 0. The molecule has 0 N–H and O–H groups in total. The van der Waals surface area contributed by atoms with Crippen LogP contribution in [0.1, 0.15) is 29.8 Å². The van der Waals surface area contributed by atoms with Gasteiger partial charge in [-0.05, 0) is 38.5 Å². The summed E-state index contributed by atoms with van der Waals surface area (Å²) >= 11 is 0. The third-order valence-electron chi connectivity index (χ3n) is 2.52. The van der Waals surface area contributed by atoms with E-state index >= 15 is 0 Å². The minimum absolute atomic E-state index is 0.111. The molecule has 0 fully saturated rings. The first-order valence-corrected chi connectivity index (χ1v) is 4.96. The minimum Gasteiger partial charge on any atom is -0.339 e. The molecule has 0 bridgehead atoms. The molecule has 1 aromatic rings. The van der Waals surface area contributed by atoms with E-state index in [0.717, 1.165) is 5.56 Å². The van der Waals surface area contributed by atoms with E-state index in [0.29, 0.717) is 5.56 Å². The molecule has 1 rings (SSSR count).